The maximum Gasteiger partial charge on any atom is 0.413 e. The van der Waals surface area contributed by atoms with E-state index in [1.807, 2.05) is 12.2 Å². The van der Waals surface area contributed by atoms with Crippen molar-refractivity contribution in [3.63, 3.8) is 0 Å². The quantitative estimate of drug-likeness (QED) is 0.647. The van der Waals surface area contributed by atoms with Gasteiger partial charge < -0.3 is 4.74 Å². The Labute approximate surface area is 88.5 Å². The highest BCUT2D eigenvalue weighted by Gasteiger charge is 2.11. The molecule has 0 fully saturated rings. The van der Waals surface area contributed by atoms with Crippen molar-refractivity contribution in [1.82, 2.24) is 4.90 Å². The average Bonchev–Trinajstić information content (AvgIpc) is 2.25. The molecule has 0 radical (unpaired) electrons. The molecule has 1 aliphatic rings. The number of allylic oxidation sites excluding steroid dienone is 4. The molecule has 15 heavy (non-hydrogen) atoms. The molecular weight excluding hydrogens is 194 g/mol. The fourth-order valence-corrected chi connectivity index (χ4v) is 1.13. The van der Waals surface area contributed by atoms with Gasteiger partial charge in [0.05, 0.1) is 7.11 Å². The Balaban J connectivity index is 2.73. The predicted octanol–water partition coefficient (Wildman–Crippen LogP) is 1.65. The number of amides is 1. The molecule has 1 aliphatic heterocycles. The van der Waals surface area contributed by atoms with Crippen LogP contribution in [0, 0.1) is 0 Å². The van der Waals surface area contributed by atoms with E-state index in [2.05, 4.69) is 4.74 Å². The SMILES string of the molecule is COC(=O)N1C=C(/C=C/C(C)=O)C=CC1. The summed E-state index contributed by atoms with van der Waals surface area (Å²) < 4.78 is 4.58. The van der Waals surface area contributed by atoms with E-state index in [1.54, 1.807) is 12.3 Å². The van der Waals surface area contributed by atoms with Crippen LogP contribution in [0.15, 0.2) is 36.1 Å². The summed E-state index contributed by atoms with van der Waals surface area (Å²) in [6, 6.07) is 0. The van der Waals surface area contributed by atoms with Crippen molar-refractivity contribution in [3.8, 4) is 0 Å². The van der Waals surface area contributed by atoms with Gasteiger partial charge in [0.1, 0.15) is 0 Å². The van der Waals surface area contributed by atoms with Crippen LogP contribution in [0.2, 0.25) is 0 Å². The van der Waals surface area contributed by atoms with Gasteiger partial charge in [0.2, 0.25) is 0 Å². The van der Waals surface area contributed by atoms with Crippen LogP contribution in [0.5, 0.6) is 0 Å². The maximum absolute atomic E-state index is 11.2. The normalized spacial score (nSPS) is 15.3. The highest BCUT2D eigenvalue weighted by molar-refractivity contribution is 5.87. The van der Waals surface area contributed by atoms with Gasteiger partial charge in [-0.1, -0.05) is 18.2 Å². The van der Waals surface area contributed by atoms with Crippen LogP contribution in [0.25, 0.3) is 0 Å². The van der Waals surface area contributed by atoms with Crippen molar-refractivity contribution in [2.45, 2.75) is 6.92 Å². The van der Waals surface area contributed by atoms with E-state index in [9.17, 15) is 9.59 Å². The zero-order valence-electron chi connectivity index (χ0n) is 8.77. The Morgan fingerprint density at radius 1 is 1.53 bits per heavy atom. The van der Waals surface area contributed by atoms with Crippen LogP contribution in [0.4, 0.5) is 4.79 Å². The van der Waals surface area contributed by atoms with E-state index in [-0.39, 0.29) is 5.78 Å². The number of nitrogens with zero attached hydrogens (tertiary/aromatic N) is 1. The van der Waals surface area contributed by atoms with Gasteiger partial charge in [-0.25, -0.2) is 4.79 Å². The smallest absolute Gasteiger partial charge is 0.413 e. The first-order chi connectivity index (χ1) is 7.13. The summed E-state index contributed by atoms with van der Waals surface area (Å²) in [4.78, 5) is 23.3. The molecule has 0 aromatic carbocycles. The summed E-state index contributed by atoms with van der Waals surface area (Å²) in [5, 5.41) is 0. The monoisotopic (exact) mass is 207 g/mol. The number of carbonyl (C=O) groups is 2. The van der Waals surface area contributed by atoms with Gasteiger partial charge in [0.25, 0.3) is 0 Å². The number of ketones is 1. The third kappa shape index (κ3) is 3.42. The third-order valence-corrected chi connectivity index (χ3v) is 1.84. The molecule has 0 aromatic rings. The first-order valence-electron chi connectivity index (χ1n) is 4.55. The van der Waals surface area contributed by atoms with Crippen molar-refractivity contribution < 1.29 is 14.3 Å². The topological polar surface area (TPSA) is 46.6 Å². The summed E-state index contributed by atoms with van der Waals surface area (Å²) in [6.45, 7) is 1.96. The van der Waals surface area contributed by atoms with Crippen LogP contribution >= 0.6 is 0 Å². The van der Waals surface area contributed by atoms with E-state index < -0.39 is 6.09 Å². The molecule has 0 aliphatic carbocycles. The molecule has 1 rings (SSSR count). The Bertz CT molecular complexity index is 353. The minimum Gasteiger partial charge on any atom is -0.452 e. The standard InChI is InChI=1S/C11H13NO3/c1-9(13)5-6-10-4-3-7-12(8-10)11(14)15-2/h3-6,8H,7H2,1-2H3/b6-5+. The molecule has 0 aromatic heterocycles. The van der Waals surface area contributed by atoms with E-state index in [1.165, 1.54) is 25.0 Å². The van der Waals surface area contributed by atoms with Gasteiger partial charge in [-0.15, -0.1) is 0 Å². The van der Waals surface area contributed by atoms with Crippen molar-refractivity contribution in [2.75, 3.05) is 13.7 Å². The fourth-order valence-electron chi connectivity index (χ4n) is 1.13. The van der Waals surface area contributed by atoms with Gasteiger partial charge in [0, 0.05) is 12.7 Å². The van der Waals surface area contributed by atoms with E-state index in [0.717, 1.165) is 5.57 Å². The first kappa shape index (κ1) is 11.2. The highest BCUT2D eigenvalue weighted by Crippen LogP contribution is 2.09. The molecule has 1 heterocycles. The van der Waals surface area contributed by atoms with Crippen molar-refractivity contribution >= 4 is 11.9 Å². The molecule has 4 nitrogen and oxygen atoms in total. The zero-order valence-corrected chi connectivity index (χ0v) is 8.77. The lowest BCUT2D eigenvalue weighted by Gasteiger charge is -2.18. The number of carbonyl (C=O) groups excluding carboxylic acids is 2. The Morgan fingerprint density at radius 2 is 2.27 bits per heavy atom. The first-order valence-corrected chi connectivity index (χ1v) is 4.55. The lowest BCUT2D eigenvalue weighted by molar-refractivity contribution is -0.112. The molecule has 0 saturated heterocycles. The average molecular weight is 207 g/mol. The third-order valence-electron chi connectivity index (χ3n) is 1.84. The second kappa shape index (κ2) is 5.14. The summed E-state index contributed by atoms with van der Waals surface area (Å²) >= 11 is 0. The van der Waals surface area contributed by atoms with Gasteiger partial charge >= 0.3 is 6.09 Å². The van der Waals surface area contributed by atoms with E-state index in [0.29, 0.717) is 6.54 Å². The molecule has 1 amide bonds. The van der Waals surface area contributed by atoms with E-state index in [4.69, 9.17) is 0 Å². The van der Waals surface area contributed by atoms with Crippen LogP contribution in [-0.4, -0.2) is 30.4 Å². The molecule has 0 spiro atoms. The lowest BCUT2D eigenvalue weighted by atomic mass is 10.2. The summed E-state index contributed by atoms with van der Waals surface area (Å²) in [5.74, 6) is -0.0282. The maximum atomic E-state index is 11.2. The largest absolute Gasteiger partial charge is 0.452 e. The molecule has 0 bridgehead atoms. The molecule has 0 N–H and O–H groups in total. The number of hydrogen-bond acceptors (Lipinski definition) is 3. The minimum atomic E-state index is -0.409. The Hall–Kier alpha value is -1.84. The number of hydrogen-bond donors (Lipinski definition) is 0. The summed E-state index contributed by atoms with van der Waals surface area (Å²) in [6.07, 6.45) is 8.03. The summed E-state index contributed by atoms with van der Waals surface area (Å²) in [7, 11) is 1.33. The lowest BCUT2D eigenvalue weighted by Crippen LogP contribution is -2.27. The molecule has 4 heteroatoms. The van der Waals surface area contributed by atoms with Crippen LogP contribution < -0.4 is 0 Å². The van der Waals surface area contributed by atoms with Crippen LogP contribution in [0.1, 0.15) is 6.92 Å². The fraction of sp³-hybridized carbons (Fsp3) is 0.273. The number of methoxy groups -OCH3 is 1. The van der Waals surface area contributed by atoms with Crippen molar-refractivity contribution in [2.24, 2.45) is 0 Å². The second-order valence-corrected chi connectivity index (χ2v) is 3.10. The Kier molecular flexibility index (Phi) is 3.85. The molecule has 0 unspecified atom stereocenters. The summed E-state index contributed by atoms with van der Waals surface area (Å²) in [5.41, 5.74) is 0.793. The van der Waals surface area contributed by atoms with Gasteiger partial charge in [-0.3, -0.25) is 9.69 Å². The molecular formula is C11H13NO3. The van der Waals surface area contributed by atoms with Gasteiger partial charge in [0.15, 0.2) is 5.78 Å². The zero-order chi connectivity index (χ0) is 11.3. The molecule has 0 atom stereocenters. The highest BCUT2D eigenvalue weighted by atomic mass is 16.5. The second-order valence-electron chi connectivity index (χ2n) is 3.10. The van der Waals surface area contributed by atoms with Crippen LogP contribution in [0.3, 0.4) is 0 Å². The van der Waals surface area contributed by atoms with Gasteiger partial charge in [-0.2, -0.15) is 0 Å². The van der Waals surface area contributed by atoms with Crippen molar-refractivity contribution in [3.05, 3.63) is 36.1 Å². The van der Waals surface area contributed by atoms with E-state index >= 15 is 0 Å². The molecule has 0 saturated carbocycles. The van der Waals surface area contributed by atoms with Crippen molar-refractivity contribution in [1.29, 1.82) is 0 Å². The minimum absolute atomic E-state index is 0.0282. The van der Waals surface area contributed by atoms with Gasteiger partial charge in [-0.05, 0) is 18.6 Å². The molecule has 80 valence electrons. The predicted molar refractivity (Wildman–Crippen MR) is 56.2 cm³/mol. The van der Waals surface area contributed by atoms with Crippen LogP contribution in [-0.2, 0) is 9.53 Å². The number of rotatable bonds is 2. The Morgan fingerprint density at radius 3 is 2.87 bits per heavy atom. The number of ether oxygens (including phenoxy) is 1.